The average Bonchev–Trinajstić information content (AvgIpc) is 2.75. The molecule has 34 heavy (non-hydrogen) atoms. The summed E-state index contributed by atoms with van der Waals surface area (Å²) in [6.07, 6.45) is -8.86. The maximum Gasteiger partial charge on any atom is 0.422 e. The fraction of sp³-hybridized carbons (Fsp3) is 0.368. The first-order valence-electron chi connectivity index (χ1n) is 9.05. The molecule has 0 spiro atoms. The van der Waals surface area contributed by atoms with Gasteiger partial charge in [0.2, 0.25) is 0 Å². The van der Waals surface area contributed by atoms with Crippen LogP contribution >= 0.6 is 0 Å². The number of hydrogen-bond acceptors (Lipinski definition) is 6. The molecule has 0 aliphatic heterocycles. The van der Waals surface area contributed by atoms with Crippen LogP contribution in [0.1, 0.15) is 0 Å². The molecular formula is C19H18F7NO6S. The van der Waals surface area contributed by atoms with Crippen LogP contribution in [0.5, 0.6) is 23.0 Å². The quantitative estimate of drug-likeness (QED) is 0.431. The second-order valence-electron chi connectivity index (χ2n) is 6.57. The van der Waals surface area contributed by atoms with Gasteiger partial charge in [0.25, 0.3) is 10.0 Å². The molecule has 0 aliphatic carbocycles. The van der Waals surface area contributed by atoms with Gasteiger partial charge in [0.05, 0.1) is 19.9 Å². The van der Waals surface area contributed by atoms with Crippen molar-refractivity contribution in [3.63, 3.8) is 0 Å². The van der Waals surface area contributed by atoms with Gasteiger partial charge in [-0.1, -0.05) is 0 Å². The predicted octanol–water partition coefficient (Wildman–Crippen LogP) is 4.72. The first-order chi connectivity index (χ1) is 15.7. The van der Waals surface area contributed by atoms with E-state index in [2.05, 4.69) is 9.47 Å². The molecule has 0 unspecified atom stereocenters. The van der Waals surface area contributed by atoms with Crippen LogP contribution in [0.3, 0.4) is 0 Å². The van der Waals surface area contributed by atoms with E-state index in [1.165, 1.54) is 26.4 Å². The number of hydrogen-bond donors (Lipinski definition) is 1. The van der Waals surface area contributed by atoms with Crippen molar-refractivity contribution in [3.05, 3.63) is 36.4 Å². The summed E-state index contributed by atoms with van der Waals surface area (Å²) in [4.78, 5) is -0.428. The number of halogens is 7. The fourth-order valence-electron chi connectivity index (χ4n) is 2.41. The molecule has 2 rings (SSSR count). The smallest absolute Gasteiger partial charge is 0.422 e. The lowest BCUT2D eigenvalue weighted by Gasteiger charge is -2.18. The zero-order valence-corrected chi connectivity index (χ0v) is 18.3. The lowest BCUT2D eigenvalue weighted by molar-refractivity contribution is -0.153. The van der Waals surface area contributed by atoms with Gasteiger partial charge in [-0.15, -0.1) is 0 Å². The summed E-state index contributed by atoms with van der Waals surface area (Å²) in [5, 5.41) is 0. The van der Waals surface area contributed by atoms with Crippen LogP contribution in [0.25, 0.3) is 0 Å². The van der Waals surface area contributed by atoms with Crippen molar-refractivity contribution < 1.29 is 58.1 Å². The summed E-state index contributed by atoms with van der Waals surface area (Å²) < 4.78 is 135. The summed E-state index contributed by atoms with van der Waals surface area (Å²) in [7, 11) is -2.03. The number of rotatable bonds is 11. The van der Waals surface area contributed by atoms with E-state index in [0.717, 1.165) is 18.2 Å². The van der Waals surface area contributed by atoms with Crippen LogP contribution in [0, 0.1) is 0 Å². The molecule has 0 amide bonds. The molecule has 0 aromatic heterocycles. The number of ether oxygens (including phenoxy) is 4. The molecule has 0 fully saturated rings. The Hall–Kier alpha value is -3.10. The Bertz CT molecular complexity index is 1090. The van der Waals surface area contributed by atoms with Crippen molar-refractivity contribution in [1.82, 2.24) is 0 Å². The maximum atomic E-state index is 13.2. The van der Waals surface area contributed by atoms with Gasteiger partial charge in [0.1, 0.15) is 27.9 Å². The molecule has 0 heterocycles. The fourth-order valence-corrected chi connectivity index (χ4v) is 3.63. The lowest BCUT2D eigenvalue weighted by atomic mass is 10.3. The van der Waals surface area contributed by atoms with Crippen LogP contribution in [-0.4, -0.2) is 54.4 Å². The molecule has 15 heteroatoms. The minimum Gasteiger partial charge on any atom is -0.497 e. The van der Waals surface area contributed by atoms with Gasteiger partial charge in [-0.2, -0.15) is 22.0 Å². The van der Waals surface area contributed by atoms with E-state index in [0.29, 0.717) is 6.07 Å². The summed E-state index contributed by atoms with van der Waals surface area (Å²) in [5.74, 6) is -5.86. The summed E-state index contributed by atoms with van der Waals surface area (Å²) in [6.45, 7) is -3.64. The Labute approximate surface area is 189 Å². The van der Waals surface area contributed by atoms with Gasteiger partial charge in [-0.25, -0.2) is 17.2 Å². The van der Waals surface area contributed by atoms with Gasteiger partial charge >= 0.3 is 18.5 Å². The lowest BCUT2D eigenvalue weighted by Crippen LogP contribution is -2.33. The summed E-state index contributed by atoms with van der Waals surface area (Å²) in [6, 6.07) is 6.08. The predicted molar refractivity (Wildman–Crippen MR) is 105 cm³/mol. The third-order valence-corrected chi connectivity index (χ3v) is 5.35. The molecular weight excluding hydrogens is 503 g/mol. The number of sulfonamides is 1. The van der Waals surface area contributed by atoms with Crippen LogP contribution in [0.2, 0.25) is 0 Å². The van der Waals surface area contributed by atoms with Gasteiger partial charge in [0, 0.05) is 24.3 Å². The van der Waals surface area contributed by atoms with Crippen LogP contribution in [0.4, 0.5) is 36.4 Å². The van der Waals surface area contributed by atoms with E-state index >= 15 is 0 Å². The molecule has 190 valence electrons. The minimum atomic E-state index is -4.78. The normalized spacial score (nSPS) is 12.4. The first-order valence-corrected chi connectivity index (χ1v) is 10.5. The van der Waals surface area contributed by atoms with Gasteiger partial charge in [-0.05, 0) is 12.1 Å². The highest BCUT2D eigenvalue weighted by molar-refractivity contribution is 7.92. The largest absolute Gasteiger partial charge is 0.497 e. The molecule has 7 nitrogen and oxygen atoms in total. The highest BCUT2D eigenvalue weighted by atomic mass is 32.2. The average molecular weight is 521 g/mol. The number of alkyl halides is 7. The number of anilines is 1. The zero-order chi connectivity index (χ0) is 25.7. The molecule has 1 N–H and O–H groups in total. The molecule has 0 radical (unpaired) electrons. The third kappa shape index (κ3) is 7.46. The van der Waals surface area contributed by atoms with Crippen LogP contribution in [0.15, 0.2) is 41.3 Å². The highest BCUT2D eigenvalue weighted by Crippen LogP contribution is 2.33. The Morgan fingerprint density at radius 2 is 1.44 bits per heavy atom. The summed E-state index contributed by atoms with van der Waals surface area (Å²) in [5.41, 5.74) is -0.472. The van der Waals surface area contributed by atoms with Gasteiger partial charge in [-0.3, -0.25) is 4.72 Å². The van der Waals surface area contributed by atoms with Gasteiger partial charge in [0.15, 0.2) is 13.2 Å². The van der Waals surface area contributed by atoms with Crippen molar-refractivity contribution in [2.45, 2.75) is 23.4 Å². The molecule has 2 aromatic carbocycles. The topological polar surface area (TPSA) is 83.1 Å². The van der Waals surface area contributed by atoms with Crippen molar-refractivity contribution in [3.8, 4) is 23.0 Å². The third-order valence-electron chi connectivity index (χ3n) is 3.95. The Kier molecular flexibility index (Phi) is 8.34. The molecule has 0 bridgehead atoms. The van der Waals surface area contributed by atoms with Crippen LogP contribution < -0.4 is 23.7 Å². The van der Waals surface area contributed by atoms with Crippen molar-refractivity contribution in [2.24, 2.45) is 0 Å². The Balaban J connectivity index is 2.42. The van der Waals surface area contributed by atoms with E-state index in [-0.39, 0.29) is 11.5 Å². The number of methoxy groups -OCH3 is 2. The Morgan fingerprint density at radius 3 is 1.94 bits per heavy atom. The van der Waals surface area contributed by atoms with E-state index in [1.54, 1.807) is 0 Å². The van der Waals surface area contributed by atoms with Gasteiger partial charge < -0.3 is 18.9 Å². The number of benzene rings is 2. The van der Waals surface area contributed by atoms with Crippen molar-refractivity contribution in [1.29, 1.82) is 0 Å². The maximum absolute atomic E-state index is 13.2. The molecule has 0 aliphatic rings. The van der Waals surface area contributed by atoms with E-state index < -0.39 is 63.8 Å². The van der Waals surface area contributed by atoms with E-state index in [1.807, 2.05) is 4.72 Å². The molecule has 2 aromatic rings. The highest BCUT2D eigenvalue weighted by Gasteiger charge is 2.41. The SMILES string of the molecule is COc1ccc(OC)c(S(=O)(=O)Nc2cc(OCC(F)(F)F)cc(OCC(F)(F)C(F)F)c2)c1. The first kappa shape index (κ1) is 27.1. The second-order valence-corrected chi connectivity index (χ2v) is 8.22. The van der Waals surface area contributed by atoms with Crippen LogP contribution in [-0.2, 0) is 10.0 Å². The second kappa shape index (κ2) is 10.4. The standard InChI is InChI=1S/C19H18F7NO6S/c1-30-12-3-4-15(31-2)16(8-12)34(28,29)27-11-5-13(32-9-18(22,23)17(20)21)7-14(6-11)33-10-19(24,25)26/h3-8,17,27H,9-10H2,1-2H3. The Morgan fingerprint density at radius 1 is 0.853 bits per heavy atom. The summed E-state index contributed by atoms with van der Waals surface area (Å²) >= 11 is 0. The van der Waals surface area contributed by atoms with Crippen molar-refractivity contribution >= 4 is 15.7 Å². The van der Waals surface area contributed by atoms with E-state index in [4.69, 9.17) is 9.47 Å². The minimum absolute atomic E-state index is 0.120. The molecule has 0 saturated carbocycles. The van der Waals surface area contributed by atoms with E-state index in [9.17, 15) is 39.2 Å². The number of nitrogens with one attached hydrogen (secondary N) is 1. The monoisotopic (exact) mass is 521 g/mol. The zero-order valence-electron chi connectivity index (χ0n) is 17.5. The molecule has 0 atom stereocenters. The molecule has 0 saturated heterocycles. The van der Waals surface area contributed by atoms with Crippen molar-refractivity contribution in [2.75, 3.05) is 32.2 Å².